The van der Waals surface area contributed by atoms with Crippen molar-refractivity contribution in [2.75, 3.05) is 36.1 Å². The summed E-state index contributed by atoms with van der Waals surface area (Å²) in [6, 6.07) is 17.1. The van der Waals surface area contributed by atoms with Crippen LogP contribution in [-0.2, 0) is 24.5 Å². The number of nitrogens with one attached hydrogen (secondary N) is 2. The van der Waals surface area contributed by atoms with Crippen LogP contribution in [0.25, 0.3) is 0 Å². The van der Waals surface area contributed by atoms with Gasteiger partial charge in [0.15, 0.2) is 6.61 Å². The number of aliphatic hydroxyl groups is 1. The third-order valence-corrected chi connectivity index (χ3v) is 8.61. The van der Waals surface area contributed by atoms with Crippen LogP contribution in [0, 0.1) is 11.6 Å². The van der Waals surface area contributed by atoms with Crippen molar-refractivity contribution in [1.82, 2.24) is 10.6 Å². The van der Waals surface area contributed by atoms with Gasteiger partial charge in [-0.2, -0.15) is 8.42 Å². The zero-order chi connectivity index (χ0) is 31.9. The summed E-state index contributed by atoms with van der Waals surface area (Å²) in [5.41, 5.74) is 1.73. The summed E-state index contributed by atoms with van der Waals surface area (Å²) in [6.07, 6.45) is -0.932. The molecule has 1 fully saturated rings. The van der Waals surface area contributed by atoms with Crippen molar-refractivity contribution in [3.63, 3.8) is 0 Å². The molecule has 1 saturated heterocycles. The Kier molecular flexibility index (Phi) is 10.9. The first-order valence-corrected chi connectivity index (χ1v) is 15.9. The quantitative estimate of drug-likeness (QED) is 0.152. The second kappa shape index (κ2) is 14.6. The van der Waals surface area contributed by atoms with Crippen LogP contribution in [0.5, 0.6) is 5.75 Å². The Morgan fingerprint density at radius 1 is 0.932 bits per heavy atom. The van der Waals surface area contributed by atoms with Crippen LogP contribution in [0.4, 0.5) is 14.5 Å². The number of rotatable bonds is 14. The molecular formula is C29H29F2N3O8S2. The number of carbonyl (C=O) groups excluding carboxylic acids is 3. The van der Waals surface area contributed by atoms with Gasteiger partial charge in [-0.15, -0.1) is 11.8 Å². The van der Waals surface area contributed by atoms with Crippen molar-refractivity contribution in [1.29, 1.82) is 0 Å². The largest absolute Gasteiger partial charge is 0.484 e. The summed E-state index contributed by atoms with van der Waals surface area (Å²) >= 11 is 1.25. The van der Waals surface area contributed by atoms with E-state index in [0.717, 1.165) is 5.56 Å². The Bertz CT molecular complexity index is 1570. The van der Waals surface area contributed by atoms with Gasteiger partial charge in [-0.05, 0) is 59.7 Å². The zero-order valence-electron chi connectivity index (χ0n) is 23.1. The van der Waals surface area contributed by atoms with Crippen LogP contribution in [0.15, 0.2) is 72.8 Å². The predicted octanol–water partition coefficient (Wildman–Crippen LogP) is 2.39. The highest BCUT2D eigenvalue weighted by Gasteiger charge is 2.49. The number of β-lactam (4-membered cyclic amide) rings is 1. The van der Waals surface area contributed by atoms with E-state index < -0.39 is 69.9 Å². The first kappa shape index (κ1) is 32.9. The first-order chi connectivity index (χ1) is 20.9. The number of hydrogen-bond donors (Lipinski definition) is 4. The Hall–Kier alpha value is -4.05. The molecule has 15 heteroatoms. The van der Waals surface area contributed by atoms with Crippen LogP contribution in [0.3, 0.4) is 0 Å². The third-order valence-electron chi connectivity index (χ3n) is 6.56. The van der Waals surface area contributed by atoms with Crippen molar-refractivity contribution in [3.8, 4) is 5.75 Å². The minimum absolute atomic E-state index is 0.171. The van der Waals surface area contributed by atoms with E-state index in [1.165, 1.54) is 65.2 Å². The van der Waals surface area contributed by atoms with Gasteiger partial charge in [0.05, 0.1) is 24.4 Å². The molecule has 1 aliphatic heterocycles. The molecular weight excluding hydrogens is 620 g/mol. The van der Waals surface area contributed by atoms with E-state index >= 15 is 0 Å². The molecule has 4 rings (SSSR count). The van der Waals surface area contributed by atoms with Gasteiger partial charge in [0.25, 0.3) is 16.0 Å². The van der Waals surface area contributed by atoms with Gasteiger partial charge in [0, 0.05) is 18.0 Å². The molecule has 3 aromatic carbocycles. The third kappa shape index (κ3) is 8.98. The molecule has 0 bridgehead atoms. The molecule has 44 heavy (non-hydrogen) atoms. The Balaban J connectivity index is 1.36. The number of hydrogen-bond acceptors (Lipinski definition) is 8. The van der Waals surface area contributed by atoms with Gasteiger partial charge in [0.2, 0.25) is 11.8 Å². The molecule has 3 amide bonds. The minimum Gasteiger partial charge on any atom is -0.484 e. The van der Waals surface area contributed by atoms with E-state index in [2.05, 4.69) is 10.6 Å². The summed E-state index contributed by atoms with van der Waals surface area (Å²) in [5.74, 6) is -2.51. The van der Waals surface area contributed by atoms with Crippen molar-refractivity contribution in [3.05, 3.63) is 95.6 Å². The van der Waals surface area contributed by atoms with Crippen molar-refractivity contribution in [2.24, 2.45) is 0 Å². The average molecular weight is 650 g/mol. The number of carbonyl (C=O) groups is 3. The van der Waals surface area contributed by atoms with E-state index in [4.69, 9.17) is 9.29 Å². The van der Waals surface area contributed by atoms with E-state index in [-0.39, 0.29) is 18.2 Å². The van der Waals surface area contributed by atoms with Gasteiger partial charge in [0.1, 0.15) is 22.6 Å². The maximum Gasteiger partial charge on any atom is 0.266 e. The lowest BCUT2D eigenvalue weighted by molar-refractivity contribution is -0.127. The van der Waals surface area contributed by atoms with E-state index in [1.807, 2.05) is 0 Å². The minimum atomic E-state index is -4.22. The summed E-state index contributed by atoms with van der Waals surface area (Å²) in [6.45, 7) is -1.15. The van der Waals surface area contributed by atoms with Gasteiger partial charge >= 0.3 is 0 Å². The summed E-state index contributed by atoms with van der Waals surface area (Å²) in [7, 11) is -4.22. The van der Waals surface area contributed by atoms with Gasteiger partial charge in [-0.25, -0.2) is 8.78 Å². The second-order valence-electron chi connectivity index (χ2n) is 9.72. The maximum atomic E-state index is 13.6. The van der Waals surface area contributed by atoms with Crippen LogP contribution >= 0.6 is 11.8 Å². The lowest BCUT2D eigenvalue weighted by atomic mass is 9.92. The number of thioether (sulfide) groups is 1. The molecule has 3 atom stereocenters. The van der Waals surface area contributed by atoms with Crippen LogP contribution in [-0.4, -0.2) is 72.3 Å². The Morgan fingerprint density at radius 2 is 1.55 bits per heavy atom. The highest BCUT2D eigenvalue weighted by Crippen LogP contribution is 2.46. The molecule has 1 aliphatic rings. The fourth-order valence-electron chi connectivity index (χ4n) is 4.34. The number of anilines is 1. The molecule has 11 nitrogen and oxygen atoms in total. The fourth-order valence-corrected chi connectivity index (χ4v) is 6.00. The second-order valence-corrected chi connectivity index (χ2v) is 12.5. The maximum absolute atomic E-state index is 13.6. The number of ether oxygens (including phenoxy) is 1. The molecule has 1 heterocycles. The number of benzene rings is 3. The van der Waals surface area contributed by atoms with Crippen molar-refractivity contribution >= 4 is 45.3 Å². The summed E-state index contributed by atoms with van der Waals surface area (Å²) < 4.78 is 62.3. The Labute approximate surface area is 256 Å². The molecule has 4 N–H and O–H groups in total. The zero-order valence-corrected chi connectivity index (χ0v) is 24.7. The lowest BCUT2D eigenvalue weighted by Gasteiger charge is -2.47. The molecule has 0 aromatic heterocycles. The monoisotopic (exact) mass is 649 g/mol. The summed E-state index contributed by atoms with van der Waals surface area (Å²) in [5, 5.41) is 14.6. The van der Waals surface area contributed by atoms with Crippen molar-refractivity contribution in [2.45, 2.75) is 17.4 Å². The Morgan fingerprint density at radius 3 is 2.16 bits per heavy atom. The van der Waals surface area contributed by atoms with Crippen LogP contribution in [0.2, 0.25) is 0 Å². The topological polar surface area (TPSA) is 162 Å². The van der Waals surface area contributed by atoms with Crippen LogP contribution in [0.1, 0.15) is 23.3 Å². The van der Waals surface area contributed by atoms with Gasteiger partial charge < -0.3 is 25.4 Å². The molecule has 0 spiro atoms. The molecule has 0 aliphatic carbocycles. The molecule has 0 saturated carbocycles. The molecule has 234 valence electrons. The first-order valence-electron chi connectivity index (χ1n) is 13.3. The molecule has 0 radical (unpaired) electrons. The number of halogens is 2. The fraction of sp³-hybridized carbons (Fsp3) is 0.276. The van der Waals surface area contributed by atoms with Gasteiger partial charge in [-0.3, -0.25) is 18.9 Å². The summed E-state index contributed by atoms with van der Waals surface area (Å²) in [4.78, 5) is 38.5. The molecule has 3 unspecified atom stereocenters. The highest BCUT2D eigenvalue weighted by molar-refractivity contribution is 8.00. The number of aliphatic hydroxyl groups excluding tert-OH is 1. The average Bonchev–Trinajstić information content (AvgIpc) is 2.98. The smallest absolute Gasteiger partial charge is 0.266 e. The van der Waals surface area contributed by atoms with E-state index in [1.54, 1.807) is 24.3 Å². The highest BCUT2D eigenvalue weighted by atomic mass is 32.2. The predicted molar refractivity (Wildman–Crippen MR) is 159 cm³/mol. The SMILES string of the molecule is O=C(CNC(=O)COc1ccc(C2C(SCC(O)c3ccc(F)cc3)C(=O)N2c2ccc(F)cc2)cc1)NCCS(=O)(=O)O. The van der Waals surface area contributed by atoms with Gasteiger partial charge in [-0.1, -0.05) is 24.3 Å². The van der Waals surface area contributed by atoms with Crippen LogP contribution < -0.4 is 20.3 Å². The van der Waals surface area contributed by atoms with Crippen molar-refractivity contribution < 1.29 is 46.0 Å². The van der Waals surface area contributed by atoms with E-state index in [0.29, 0.717) is 17.0 Å². The number of amides is 3. The lowest BCUT2D eigenvalue weighted by Crippen LogP contribution is -2.57. The normalized spacial score (nSPS) is 17.0. The number of nitrogens with zero attached hydrogens (tertiary/aromatic N) is 1. The molecule has 3 aromatic rings. The standard InChI is InChI=1S/C29H29F2N3O8S2/c30-20-5-1-18(2-6-20)24(35)17-43-28-27(34(29(28)38)22-9-7-21(31)8-10-22)19-3-11-23(12-4-19)42-16-26(37)33-15-25(36)32-13-14-44(39,40)41/h1-12,24,27-28,35H,13-17H2,(H,32,36)(H,33,37)(H,39,40,41). The van der Waals surface area contributed by atoms with E-state index in [9.17, 15) is 36.7 Å².